The van der Waals surface area contributed by atoms with Gasteiger partial charge in [0.1, 0.15) is 17.7 Å². The highest BCUT2D eigenvalue weighted by molar-refractivity contribution is 5.66. The molecule has 0 aliphatic heterocycles. The van der Waals surface area contributed by atoms with Crippen LogP contribution in [0.1, 0.15) is 60.4 Å². The monoisotopic (exact) mass is 347 g/mol. The summed E-state index contributed by atoms with van der Waals surface area (Å²) in [6.45, 7) is 2.17. The number of hydrogen-bond acceptors (Lipinski definition) is 1. The van der Waals surface area contributed by atoms with Crippen LogP contribution in [0.15, 0.2) is 35.9 Å². The Hall–Kier alpha value is -2.91. The van der Waals surface area contributed by atoms with Crippen LogP contribution in [-0.4, -0.2) is 0 Å². The van der Waals surface area contributed by atoms with Crippen molar-refractivity contribution in [1.29, 1.82) is 5.26 Å². The summed E-state index contributed by atoms with van der Waals surface area (Å²) in [7, 11) is 0. The number of nitriles is 1. The zero-order valence-electron chi connectivity index (χ0n) is 14.7. The molecule has 130 valence electrons. The first-order valence-electron chi connectivity index (χ1n) is 8.85. The van der Waals surface area contributed by atoms with Gasteiger partial charge in [-0.2, -0.15) is 5.26 Å². The molecule has 0 amide bonds. The number of halogens is 2. The van der Waals surface area contributed by atoms with Crippen molar-refractivity contribution in [3.8, 4) is 17.9 Å². The highest BCUT2D eigenvalue weighted by Crippen LogP contribution is 2.31. The molecular weight excluding hydrogens is 328 g/mol. The molecule has 0 radical (unpaired) electrons. The van der Waals surface area contributed by atoms with Crippen LogP contribution in [0.3, 0.4) is 0 Å². The number of benzene rings is 2. The maximum absolute atomic E-state index is 14.8. The Bertz CT molecular complexity index is 968. The molecule has 0 saturated heterocycles. The van der Waals surface area contributed by atoms with Gasteiger partial charge in [0.25, 0.3) is 0 Å². The molecule has 0 bridgehead atoms. The minimum Gasteiger partial charge on any atom is -0.206 e. The van der Waals surface area contributed by atoms with Gasteiger partial charge in [-0.3, -0.25) is 0 Å². The fourth-order valence-corrected chi connectivity index (χ4v) is 3.13. The van der Waals surface area contributed by atoms with Crippen LogP contribution in [0.4, 0.5) is 8.78 Å². The zero-order valence-corrected chi connectivity index (χ0v) is 14.7. The lowest BCUT2D eigenvalue weighted by atomic mass is 10.0. The van der Waals surface area contributed by atoms with Crippen LogP contribution in [0.25, 0.3) is 6.08 Å². The maximum Gasteiger partial charge on any atom is 0.146 e. The van der Waals surface area contributed by atoms with E-state index < -0.39 is 5.82 Å². The second-order valence-electron chi connectivity index (χ2n) is 6.49. The van der Waals surface area contributed by atoms with Gasteiger partial charge < -0.3 is 0 Å². The molecule has 0 spiro atoms. The third kappa shape index (κ3) is 3.84. The van der Waals surface area contributed by atoms with Gasteiger partial charge in [0.05, 0.1) is 11.1 Å². The number of fused-ring (bicyclic) bond motifs is 1. The Morgan fingerprint density at radius 2 is 1.85 bits per heavy atom. The predicted octanol–water partition coefficient (Wildman–Crippen LogP) is 5.76. The van der Waals surface area contributed by atoms with Crippen molar-refractivity contribution in [2.24, 2.45) is 0 Å². The van der Waals surface area contributed by atoms with Crippen LogP contribution < -0.4 is 0 Å². The summed E-state index contributed by atoms with van der Waals surface area (Å²) < 4.78 is 28.4. The zero-order chi connectivity index (χ0) is 18.5. The van der Waals surface area contributed by atoms with Gasteiger partial charge in [-0.1, -0.05) is 49.3 Å². The standard InChI is InChI=1S/C23H19F2N/c1-2-3-4-5-17-12-19-11-10-18(23(25)21(19)13-17)8-6-16-7-9-20(15-26)22(24)14-16/h7,9-11,13-14H,2-5,12H2,1H3. The third-order valence-electron chi connectivity index (χ3n) is 4.57. The van der Waals surface area contributed by atoms with Gasteiger partial charge in [-0.05, 0) is 49.1 Å². The van der Waals surface area contributed by atoms with E-state index in [4.69, 9.17) is 5.26 Å². The van der Waals surface area contributed by atoms with Crippen molar-refractivity contribution in [3.63, 3.8) is 0 Å². The molecule has 26 heavy (non-hydrogen) atoms. The summed E-state index contributed by atoms with van der Waals surface area (Å²) in [5, 5.41) is 8.75. The Balaban J connectivity index is 1.83. The van der Waals surface area contributed by atoms with Gasteiger partial charge in [0.2, 0.25) is 0 Å². The van der Waals surface area contributed by atoms with E-state index >= 15 is 0 Å². The Morgan fingerprint density at radius 3 is 2.58 bits per heavy atom. The van der Waals surface area contributed by atoms with Gasteiger partial charge in [0, 0.05) is 11.1 Å². The highest BCUT2D eigenvalue weighted by Gasteiger charge is 2.18. The number of allylic oxidation sites excluding steroid dienone is 1. The number of hydrogen-bond donors (Lipinski definition) is 0. The molecule has 0 unspecified atom stereocenters. The van der Waals surface area contributed by atoms with E-state index in [1.165, 1.54) is 30.5 Å². The molecule has 3 heteroatoms. The van der Waals surface area contributed by atoms with Crippen molar-refractivity contribution < 1.29 is 8.78 Å². The van der Waals surface area contributed by atoms with Crippen molar-refractivity contribution in [3.05, 3.63) is 75.4 Å². The quantitative estimate of drug-likeness (QED) is 0.510. The maximum atomic E-state index is 14.8. The SMILES string of the molecule is CCCCCC1=Cc2c(ccc(C#Cc3ccc(C#N)c(F)c3)c2F)C1. The van der Waals surface area contributed by atoms with Crippen molar-refractivity contribution in [2.45, 2.75) is 39.0 Å². The van der Waals surface area contributed by atoms with Crippen LogP contribution in [0.2, 0.25) is 0 Å². The first-order valence-corrected chi connectivity index (χ1v) is 8.85. The molecule has 2 aromatic rings. The van der Waals surface area contributed by atoms with Crippen LogP contribution >= 0.6 is 0 Å². The second kappa shape index (κ2) is 7.98. The van der Waals surface area contributed by atoms with E-state index in [0.717, 1.165) is 24.8 Å². The average molecular weight is 347 g/mol. The lowest BCUT2D eigenvalue weighted by molar-refractivity contribution is 0.620. The van der Waals surface area contributed by atoms with Gasteiger partial charge >= 0.3 is 0 Å². The van der Waals surface area contributed by atoms with Crippen molar-refractivity contribution >= 4 is 6.08 Å². The summed E-state index contributed by atoms with van der Waals surface area (Å²) in [6, 6.07) is 9.51. The first-order chi connectivity index (χ1) is 12.6. The number of rotatable bonds is 4. The lowest BCUT2D eigenvalue weighted by Crippen LogP contribution is -1.92. The lowest BCUT2D eigenvalue weighted by Gasteiger charge is -2.02. The van der Waals surface area contributed by atoms with Gasteiger partial charge in [-0.15, -0.1) is 0 Å². The van der Waals surface area contributed by atoms with E-state index in [2.05, 4.69) is 18.8 Å². The van der Waals surface area contributed by atoms with Crippen molar-refractivity contribution in [1.82, 2.24) is 0 Å². The average Bonchev–Trinajstić information content (AvgIpc) is 3.05. The van der Waals surface area contributed by atoms with E-state index in [1.54, 1.807) is 18.2 Å². The van der Waals surface area contributed by atoms with Gasteiger partial charge in [0.15, 0.2) is 0 Å². The Morgan fingerprint density at radius 1 is 1.04 bits per heavy atom. The molecule has 1 nitrogen and oxygen atoms in total. The summed E-state index contributed by atoms with van der Waals surface area (Å²) in [5.41, 5.74) is 3.60. The fraction of sp³-hybridized carbons (Fsp3) is 0.261. The van der Waals surface area contributed by atoms with E-state index in [0.29, 0.717) is 16.7 Å². The normalized spacial score (nSPS) is 12.0. The second-order valence-corrected chi connectivity index (χ2v) is 6.49. The highest BCUT2D eigenvalue weighted by atomic mass is 19.1. The smallest absolute Gasteiger partial charge is 0.146 e. The molecular formula is C23H19F2N. The molecule has 0 N–H and O–H groups in total. The molecule has 1 aliphatic carbocycles. The van der Waals surface area contributed by atoms with Crippen molar-refractivity contribution in [2.75, 3.05) is 0 Å². The summed E-state index contributed by atoms with van der Waals surface area (Å²) >= 11 is 0. The molecule has 1 aliphatic rings. The number of nitrogens with zero attached hydrogens (tertiary/aromatic N) is 1. The van der Waals surface area contributed by atoms with Crippen LogP contribution in [0, 0.1) is 34.8 Å². The van der Waals surface area contributed by atoms with E-state index in [-0.39, 0.29) is 11.4 Å². The minimum absolute atomic E-state index is 0.0278. The van der Waals surface area contributed by atoms with E-state index in [9.17, 15) is 8.78 Å². The number of unbranched alkanes of at least 4 members (excludes halogenated alkanes) is 2. The largest absolute Gasteiger partial charge is 0.206 e. The Kier molecular flexibility index (Phi) is 5.49. The molecule has 3 rings (SSSR count). The molecule has 0 aromatic heterocycles. The summed E-state index contributed by atoms with van der Waals surface area (Å²) in [5.74, 6) is 4.64. The minimum atomic E-state index is -0.617. The Labute approximate surface area is 153 Å². The molecule has 2 aromatic carbocycles. The molecule has 0 heterocycles. The third-order valence-corrected chi connectivity index (χ3v) is 4.57. The molecule has 0 saturated carbocycles. The predicted molar refractivity (Wildman–Crippen MR) is 99.3 cm³/mol. The summed E-state index contributed by atoms with van der Waals surface area (Å²) in [6.07, 6.45) is 7.26. The summed E-state index contributed by atoms with van der Waals surface area (Å²) in [4.78, 5) is 0. The molecule has 0 atom stereocenters. The van der Waals surface area contributed by atoms with Crippen LogP contribution in [0.5, 0.6) is 0 Å². The van der Waals surface area contributed by atoms with Gasteiger partial charge in [-0.25, -0.2) is 8.78 Å². The first kappa shape index (κ1) is 17.9. The van der Waals surface area contributed by atoms with Crippen LogP contribution in [-0.2, 0) is 6.42 Å². The fourth-order valence-electron chi connectivity index (χ4n) is 3.13. The topological polar surface area (TPSA) is 23.8 Å². The molecule has 0 fully saturated rings. The van der Waals surface area contributed by atoms with E-state index in [1.807, 2.05) is 12.1 Å².